The number of nitrogens with two attached hydrogens (primary N) is 1. The third-order valence-electron chi connectivity index (χ3n) is 2.73. The number of hydrogen-bond acceptors (Lipinski definition) is 5. The summed E-state index contributed by atoms with van der Waals surface area (Å²) in [5.41, 5.74) is 8.51. The number of ether oxygens (including phenoxy) is 1. The fourth-order valence-electron chi connectivity index (χ4n) is 1.64. The van der Waals surface area contributed by atoms with E-state index in [1.165, 1.54) is 0 Å². The van der Waals surface area contributed by atoms with Crippen molar-refractivity contribution in [2.45, 2.75) is 19.5 Å². The third-order valence-corrected chi connectivity index (χ3v) is 3.66. The minimum atomic E-state index is -0.215. The van der Waals surface area contributed by atoms with Crippen LogP contribution in [-0.4, -0.2) is 30.1 Å². The van der Waals surface area contributed by atoms with E-state index in [1.54, 1.807) is 16.8 Å². The second-order valence-corrected chi connectivity index (χ2v) is 4.83. The van der Waals surface area contributed by atoms with Gasteiger partial charge in [0, 0.05) is 10.9 Å². The zero-order chi connectivity index (χ0) is 11.5. The van der Waals surface area contributed by atoms with Crippen molar-refractivity contribution < 1.29 is 9.53 Å². The van der Waals surface area contributed by atoms with E-state index in [4.69, 9.17) is 10.5 Å². The highest BCUT2D eigenvalue weighted by atomic mass is 32.1. The van der Waals surface area contributed by atoms with Gasteiger partial charge in [-0.2, -0.15) is 0 Å². The van der Waals surface area contributed by atoms with Crippen LogP contribution in [0, 0.1) is 12.8 Å². The van der Waals surface area contributed by atoms with Crippen LogP contribution >= 0.6 is 11.3 Å². The summed E-state index contributed by atoms with van der Waals surface area (Å²) in [6.07, 6.45) is 0. The molecular formula is C10H15N3O2S. The van der Waals surface area contributed by atoms with E-state index in [1.807, 2.05) is 6.92 Å². The normalized spacial score (nSPS) is 24.6. The lowest BCUT2D eigenvalue weighted by atomic mass is 10.0. The molecule has 2 heterocycles. The first-order valence-corrected chi connectivity index (χ1v) is 6.06. The predicted molar refractivity (Wildman–Crippen MR) is 61.0 cm³/mol. The maximum absolute atomic E-state index is 11.8. The minimum absolute atomic E-state index is 0.0298. The molecule has 0 bridgehead atoms. The number of hydrogen-bond donors (Lipinski definition) is 2. The molecule has 1 aliphatic heterocycles. The van der Waals surface area contributed by atoms with Gasteiger partial charge in [-0.15, -0.1) is 11.3 Å². The largest absolute Gasteiger partial charge is 0.379 e. The number of aryl methyl sites for hydroxylation is 1. The average Bonchev–Trinajstić information content (AvgIpc) is 2.84. The maximum atomic E-state index is 11.8. The Hall–Kier alpha value is -0.980. The lowest BCUT2D eigenvalue weighted by Crippen LogP contribution is -2.40. The van der Waals surface area contributed by atoms with Crippen LogP contribution in [0.15, 0.2) is 5.51 Å². The molecule has 5 nitrogen and oxygen atoms in total. The lowest BCUT2D eigenvalue weighted by Gasteiger charge is -2.12. The summed E-state index contributed by atoms with van der Waals surface area (Å²) in [7, 11) is 0. The van der Waals surface area contributed by atoms with Crippen LogP contribution in [0.1, 0.15) is 10.6 Å². The quantitative estimate of drug-likeness (QED) is 0.783. The summed E-state index contributed by atoms with van der Waals surface area (Å²) in [4.78, 5) is 17.0. The van der Waals surface area contributed by atoms with Crippen LogP contribution < -0.4 is 11.1 Å². The number of carbonyl (C=O) groups is 1. The number of amides is 1. The summed E-state index contributed by atoms with van der Waals surface area (Å²) >= 11 is 1.55. The van der Waals surface area contributed by atoms with Crippen molar-refractivity contribution >= 4 is 17.2 Å². The zero-order valence-corrected chi connectivity index (χ0v) is 9.92. The monoisotopic (exact) mass is 241 g/mol. The van der Waals surface area contributed by atoms with E-state index in [0.29, 0.717) is 19.8 Å². The van der Waals surface area contributed by atoms with E-state index in [9.17, 15) is 4.79 Å². The molecule has 1 amide bonds. The lowest BCUT2D eigenvalue weighted by molar-refractivity contribution is -0.125. The Labute approximate surface area is 98.0 Å². The number of carbonyl (C=O) groups excluding carboxylic acids is 1. The van der Waals surface area contributed by atoms with Gasteiger partial charge in [-0.3, -0.25) is 4.79 Å². The highest BCUT2D eigenvalue weighted by Gasteiger charge is 2.31. The van der Waals surface area contributed by atoms with Crippen molar-refractivity contribution in [3.05, 3.63) is 16.1 Å². The van der Waals surface area contributed by atoms with Crippen LogP contribution in [0.3, 0.4) is 0 Å². The Balaban J connectivity index is 1.86. The van der Waals surface area contributed by atoms with Crippen molar-refractivity contribution in [1.29, 1.82) is 0 Å². The number of nitrogens with one attached hydrogen (secondary N) is 1. The molecular weight excluding hydrogens is 226 g/mol. The molecule has 2 unspecified atom stereocenters. The number of rotatable bonds is 3. The topological polar surface area (TPSA) is 77.2 Å². The fourth-order valence-corrected chi connectivity index (χ4v) is 2.35. The molecule has 2 atom stereocenters. The Morgan fingerprint density at radius 2 is 2.56 bits per heavy atom. The minimum Gasteiger partial charge on any atom is -0.379 e. The second-order valence-electron chi connectivity index (χ2n) is 3.89. The van der Waals surface area contributed by atoms with Gasteiger partial charge in [0.05, 0.1) is 36.9 Å². The van der Waals surface area contributed by atoms with Crippen molar-refractivity contribution in [3.8, 4) is 0 Å². The first-order chi connectivity index (χ1) is 7.68. The van der Waals surface area contributed by atoms with E-state index >= 15 is 0 Å². The molecule has 6 heteroatoms. The summed E-state index contributed by atoms with van der Waals surface area (Å²) in [6, 6.07) is -0.178. The van der Waals surface area contributed by atoms with Gasteiger partial charge >= 0.3 is 0 Å². The molecule has 0 aromatic carbocycles. The van der Waals surface area contributed by atoms with Crippen molar-refractivity contribution in [3.63, 3.8) is 0 Å². The Kier molecular flexibility index (Phi) is 3.52. The molecule has 0 radical (unpaired) electrons. The highest BCUT2D eigenvalue weighted by molar-refractivity contribution is 7.09. The van der Waals surface area contributed by atoms with Gasteiger partial charge in [0.2, 0.25) is 5.91 Å². The van der Waals surface area contributed by atoms with Gasteiger partial charge in [0.25, 0.3) is 0 Å². The predicted octanol–water partition coefficient (Wildman–Crippen LogP) is 0.0414. The standard InChI is InChI=1S/C10H15N3O2S/c1-6-9(16-5-13-6)2-12-10(14)7-3-15-4-8(7)11/h5,7-8H,2-4,11H2,1H3,(H,12,14). The second kappa shape index (κ2) is 4.90. The van der Waals surface area contributed by atoms with Gasteiger partial charge in [0.15, 0.2) is 0 Å². The maximum Gasteiger partial charge on any atom is 0.227 e. The number of thiazole rings is 1. The number of nitrogens with zero attached hydrogens (tertiary/aromatic N) is 1. The van der Waals surface area contributed by atoms with Gasteiger partial charge < -0.3 is 15.8 Å². The van der Waals surface area contributed by atoms with Gasteiger partial charge in [0.1, 0.15) is 0 Å². The molecule has 0 spiro atoms. The van der Waals surface area contributed by atoms with Gasteiger partial charge in [-0.25, -0.2) is 4.98 Å². The smallest absolute Gasteiger partial charge is 0.227 e. The van der Waals surface area contributed by atoms with Crippen molar-refractivity contribution in [1.82, 2.24) is 10.3 Å². The Bertz CT molecular complexity index is 380. The Morgan fingerprint density at radius 1 is 1.75 bits per heavy atom. The van der Waals surface area contributed by atoms with Crippen LogP contribution in [-0.2, 0) is 16.1 Å². The van der Waals surface area contributed by atoms with Crippen LogP contribution in [0.25, 0.3) is 0 Å². The van der Waals surface area contributed by atoms with Crippen molar-refractivity contribution in [2.24, 2.45) is 11.7 Å². The number of aromatic nitrogens is 1. The molecule has 1 aliphatic rings. The van der Waals surface area contributed by atoms with E-state index in [0.717, 1.165) is 10.6 Å². The molecule has 3 N–H and O–H groups in total. The van der Waals surface area contributed by atoms with Gasteiger partial charge in [-0.1, -0.05) is 0 Å². The van der Waals surface area contributed by atoms with E-state index in [-0.39, 0.29) is 17.9 Å². The first kappa shape index (κ1) is 11.5. The zero-order valence-electron chi connectivity index (χ0n) is 9.10. The first-order valence-electron chi connectivity index (χ1n) is 5.18. The molecule has 1 aromatic rings. The molecule has 16 heavy (non-hydrogen) atoms. The fraction of sp³-hybridized carbons (Fsp3) is 0.600. The SMILES string of the molecule is Cc1ncsc1CNC(=O)C1COCC1N. The summed E-state index contributed by atoms with van der Waals surface area (Å²) < 4.78 is 5.16. The van der Waals surface area contributed by atoms with Crippen LogP contribution in [0.5, 0.6) is 0 Å². The Morgan fingerprint density at radius 3 is 3.12 bits per heavy atom. The summed E-state index contributed by atoms with van der Waals surface area (Å²) in [5.74, 6) is -0.244. The summed E-state index contributed by atoms with van der Waals surface area (Å²) in [5, 5.41) is 2.87. The molecule has 1 saturated heterocycles. The summed E-state index contributed by atoms with van der Waals surface area (Å²) in [6.45, 7) is 3.35. The average molecular weight is 241 g/mol. The molecule has 0 aliphatic carbocycles. The van der Waals surface area contributed by atoms with Crippen LogP contribution in [0.4, 0.5) is 0 Å². The molecule has 0 saturated carbocycles. The van der Waals surface area contributed by atoms with Crippen LogP contribution in [0.2, 0.25) is 0 Å². The molecule has 1 fully saturated rings. The molecule has 88 valence electrons. The third kappa shape index (κ3) is 2.40. The van der Waals surface area contributed by atoms with Crippen molar-refractivity contribution in [2.75, 3.05) is 13.2 Å². The van der Waals surface area contributed by atoms with E-state index in [2.05, 4.69) is 10.3 Å². The van der Waals surface area contributed by atoms with E-state index < -0.39 is 0 Å². The molecule has 2 rings (SSSR count). The van der Waals surface area contributed by atoms with Gasteiger partial charge in [-0.05, 0) is 6.92 Å². The molecule has 1 aromatic heterocycles. The highest BCUT2D eigenvalue weighted by Crippen LogP contribution is 2.14.